The molecule has 56 valence electrons. The molecule has 1 aliphatic heterocycles. The van der Waals surface area contributed by atoms with Crippen molar-refractivity contribution in [1.29, 1.82) is 0 Å². The van der Waals surface area contributed by atoms with Crippen molar-refractivity contribution in [2.24, 2.45) is 10.9 Å². The first-order valence-electron chi connectivity index (χ1n) is 3.19. The third kappa shape index (κ3) is 1.80. The van der Waals surface area contributed by atoms with Gasteiger partial charge in [0.15, 0.2) is 0 Å². The maximum absolute atomic E-state index is 10.5. The quantitative estimate of drug-likeness (QED) is 0.553. The minimum atomic E-state index is -0.282. The molecule has 0 aliphatic carbocycles. The lowest BCUT2D eigenvalue weighted by atomic mass is 10.1. The van der Waals surface area contributed by atoms with E-state index in [0.29, 0.717) is 12.8 Å². The monoisotopic (exact) mass is 142 g/mol. The zero-order valence-corrected chi connectivity index (χ0v) is 5.83. The molecule has 0 fully saturated rings. The van der Waals surface area contributed by atoms with Gasteiger partial charge >= 0.3 is 5.97 Å². The van der Waals surface area contributed by atoms with E-state index in [2.05, 4.69) is 9.99 Å². The van der Waals surface area contributed by atoms with Crippen molar-refractivity contribution < 1.29 is 9.63 Å². The summed E-state index contributed by atoms with van der Waals surface area (Å²) in [4.78, 5) is 14.8. The van der Waals surface area contributed by atoms with Crippen molar-refractivity contribution in [3.05, 3.63) is 0 Å². The van der Waals surface area contributed by atoms with Crippen LogP contribution in [0, 0.1) is 0 Å². The van der Waals surface area contributed by atoms with Crippen LogP contribution in [0.5, 0.6) is 0 Å². The van der Waals surface area contributed by atoms with Gasteiger partial charge in [0.05, 0.1) is 12.1 Å². The standard InChI is InChI=1S/C6H10N2O2/c1-4(7)2-5-3-6(9)10-8-5/h4H,2-3,7H2,1H3. The van der Waals surface area contributed by atoms with Crippen LogP contribution in [0.4, 0.5) is 0 Å². The molecule has 0 aromatic heterocycles. The summed E-state index contributed by atoms with van der Waals surface area (Å²) in [7, 11) is 0. The average molecular weight is 142 g/mol. The molecule has 1 unspecified atom stereocenters. The summed E-state index contributed by atoms with van der Waals surface area (Å²) in [5.41, 5.74) is 6.22. The fourth-order valence-corrected chi connectivity index (χ4v) is 0.828. The van der Waals surface area contributed by atoms with E-state index in [1.54, 1.807) is 0 Å². The van der Waals surface area contributed by atoms with Crippen molar-refractivity contribution in [2.75, 3.05) is 0 Å². The van der Waals surface area contributed by atoms with Gasteiger partial charge in [-0.05, 0) is 6.92 Å². The minimum Gasteiger partial charge on any atom is -0.328 e. The summed E-state index contributed by atoms with van der Waals surface area (Å²) >= 11 is 0. The second-order valence-corrected chi connectivity index (χ2v) is 2.48. The van der Waals surface area contributed by atoms with Crippen LogP contribution in [0.3, 0.4) is 0 Å². The van der Waals surface area contributed by atoms with Crippen LogP contribution in [-0.4, -0.2) is 17.7 Å². The van der Waals surface area contributed by atoms with Crippen molar-refractivity contribution in [3.8, 4) is 0 Å². The summed E-state index contributed by atoms with van der Waals surface area (Å²) in [6.45, 7) is 1.87. The predicted octanol–water partition coefficient (Wildman–Crippen LogP) is 0.0266. The van der Waals surface area contributed by atoms with E-state index in [4.69, 9.17) is 5.73 Å². The smallest absolute Gasteiger partial charge is 0.328 e. The average Bonchev–Trinajstić information content (AvgIpc) is 2.13. The normalized spacial score (nSPS) is 20.2. The van der Waals surface area contributed by atoms with Crippen LogP contribution in [0.25, 0.3) is 0 Å². The number of carbonyl (C=O) groups is 1. The topological polar surface area (TPSA) is 64.7 Å². The van der Waals surface area contributed by atoms with E-state index in [9.17, 15) is 4.79 Å². The number of hydrogen-bond donors (Lipinski definition) is 1. The SMILES string of the molecule is CC(N)CC1=NOC(=O)C1. The Bertz CT molecular complexity index is 175. The fourth-order valence-electron chi connectivity index (χ4n) is 0.828. The molecule has 0 saturated heterocycles. The Morgan fingerprint density at radius 2 is 2.60 bits per heavy atom. The molecule has 4 heteroatoms. The lowest BCUT2D eigenvalue weighted by Gasteiger charge is -1.99. The number of nitrogens with zero attached hydrogens (tertiary/aromatic N) is 1. The highest BCUT2D eigenvalue weighted by Gasteiger charge is 2.17. The summed E-state index contributed by atoms with van der Waals surface area (Å²) in [5.74, 6) is -0.282. The second kappa shape index (κ2) is 2.79. The van der Waals surface area contributed by atoms with Gasteiger partial charge in [0.25, 0.3) is 0 Å². The summed E-state index contributed by atoms with van der Waals surface area (Å²) in [6, 6.07) is 0.0493. The number of rotatable bonds is 2. The van der Waals surface area contributed by atoms with Gasteiger partial charge < -0.3 is 10.6 Å². The van der Waals surface area contributed by atoms with Crippen LogP contribution in [0.1, 0.15) is 19.8 Å². The van der Waals surface area contributed by atoms with E-state index in [0.717, 1.165) is 5.71 Å². The molecule has 10 heavy (non-hydrogen) atoms. The van der Waals surface area contributed by atoms with Gasteiger partial charge in [-0.2, -0.15) is 0 Å². The molecule has 0 radical (unpaired) electrons. The maximum atomic E-state index is 10.5. The van der Waals surface area contributed by atoms with Crippen molar-refractivity contribution >= 4 is 11.7 Å². The Morgan fingerprint density at radius 1 is 1.90 bits per heavy atom. The molecule has 0 saturated carbocycles. The van der Waals surface area contributed by atoms with Gasteiger partial charge in [0.1, 0.15) is 0 Å². The first-order chi connectivity index (χ1) is 4.68. The molecule has 1 heterocycles. The van der Waals surface area contributed by atoms with Crippen molar-refractivity contribution in [2.45, 2.75) is 25.8 Å². The number of nitrogens with two attached hydrogens (primary N) is 1. The number of oxime groups is 1. The van der Waals surface area contributed by atoms with Gasteiger partial charge in [-0.3, -0.25) is 0 Å². The molecule has 1 aliphatic rings. The van der Waals surface area contributed by atoms with Crippen LogP contribution < -0.4 is 5.73 Å². The van der Waals surface area contributed by atoms with E-state index < -0.39 is 0 Å². The summed E-state index contributed by atoms with van der Waals surface area (Å²) in [6.07, 6.45) is 0.952. The zero-order chi connectivity index (χ0) is 7.56. The highest BCUT2D eigenvalue weighted by atomic mass is 16.7. The highest BCUT2D eigenvalue weighted by molar-refractivity contribution is 6.01. The summed E-state index contributed by atoms with van der Waals surface area (Å²) < 4.78 is 0. The largest absolute Gasteiger partial charge is 0.340 e. The fraction of sp³-hybridized carbons (Fsp3) is 0.667. The molecular weight excluding hydrogens is 132 g/mol. The third-order valence-electron chi connectivity index (χ3n) is 1.18. The van der Waals surface area contributed by atoms with Gasteiger partial charge in [-0.25, -0.2) is 4.79 Å². The minimum absolute atomic E-state index is 0.0493. The molecule has 0 spiro atoms. The Morgan fingerprint density at radius 3 is 3.00 bits per heavy atom. The molecule has 1 atom stereocenters. The molecule has 0 aromatic rings. The lowest BCUT2D eigenvalue weighted by Crippen LogP contribution is -2.19. The molecule has 0 amide bonds. The summed E-state index contributed by atoms with van der Waals surface area (Å²) in [5, 5.41) is 3.54. The Kier molecular flexibility index (Phi) is 2.01. The Labute approximate surface area is 59.0 Å². The van der Waals surface area contributed by atoms with Gasteiger partial charge in [-0.15, -0.1) is 0 Å². The predicted molar refractivity (Wildman–Crippen MR) is 36.4 cm³/mol. The molecule has 2 N–H and O–H groups in total. The van der Waals surface area contributed by atoms with Crippen molar-refractivity contribution in [1.82, 2.24) is 0 Å². The maximum Gasteiger partial charge on any atom is 0.340 e. The Hall–Kier alpha value is -0.900. The van der Waals surface area contributed by atoms with Gasteiger partial charge in [-0.1, -0.05) is 5.16 Å². The second-order valence-electron chi connectivity index (χ2n) is 2.48. The molecule has 0 aromatic carbocycles. The Balaban J connectivity index is 2.37. The van der Waals surface area contributed by atoms with E-state index in [1.165, 1.54) is 0 Å². The van der Waals surface area contributed by atoms with E-state index in [-0.39, 0.29) is 12.0 Å². The molecule has 1 rings (SSSR count). The zero-order valence-electron chi connectivity index (χ0n) is 5.83. The molecule has 4 nitrogen and oxygen atoms in total. The van der Waals surface area contributed by atoms with Crippen LogP contribution >= 0.6 is 0 Å². The van der Waals surface area contributed by atoms with Gasteiger partial charge in [0.2, 0.25) is 0 Å². The van der Waals surface area contributed by atoms with Crippen LogP contribution in [0.2, 0.25) is 0 Å². The molecular formula is C6H10N2O2. The lowest BCUT2D eigenvalue weighted by molar-refractivity contribution is -0.140. The molecule has 0 bridgehead atoms. The third-order valence-corrected chi connectivity index (χ3v) is 1.18. The van der Waals surface area contributed by atoms with Crippen molar-refractivity contribution in [3.63, 3.8) is 0 Å². The first kappa shape index (κ1) is 7.21. The first-order valence-corrected chi connectivity index (χ1v) is 3.19. The highest BCUT2D eigenvalue weighted by Crippen LogP contribution is 2.06. The van der Waals surface area contributed by atoms with Gasteiger partial charge in [0, 0.05) is 12.5 Å². The number of carbonyl (C=O) groups excluding carboxylic acids is 1. The van der Waals surface area contributed by atoms with E-state index in [1.807, 2.05) is 6.92 Å². The number of hydrogen-bond acceptors (Lipinski definition) is 4. The van der Waals surface area contributed by atoms with Crippen LogP contribution in [-0.2, 0) is 9.63 Å². The van der Waals surface area contributed by atoms with E-state index >= 15 is 0 Å². The van der Waals surface area contributed by atoms with Crippen LogP contribution in [0.15, 0.2) is 5.16 Å².